The van der Waals surface area contributed by atoms with E-state index >= 15 is 0 Å². The smallest absolute Gasteiger partial charge is 0.125 e. The molecule has 96 valence electrons. The zero-order chi connectivity index (χ0) is 12.7. The van der Waals surface area contributed by atoms with E-state index in [9.17, 15) is 5.11 Å². The summed E-state index contributed by atoms with van der Waals surface area (Å²) in [6.45, 7) is 4.61. The molecule has 0 aromatic heterocycles. The van der Waals surface area contributed by atoms with E-state index in [-0.39, 0.29) is 6.61 Å². The number of hydrogen-bond donors (Lipinski definition) is 2. The van der Waals surface area contributed by atoms with Gasteiger partial charge in [0, 0.05) is 12.2 Å². The van der Waals surface area contributed by atoms with E-state index < -0.39 is 6.10 Å². The van der Waals surface area contributed by atoms with Crippen molar-refractivity contribution in [1.82, 2.24) is 0 Å². The van der Waals surface area contributed by atoms with E-state index in [1.165, 1.54) is 0 Å². The molecule has 17 heavy (non-hydrogen) atoms. The molecular formula is C14H22O3. The van der Waals surface area contributed by atoms with Crippen LogP contribution in [-0.4, -0.2) is 23.4 Å². The van der Waals surface area contributed by atoms with Crippen LogP contribution >= 0.6 is 0 Å². The Labute approximate surface area is 103 Å². The Kier molecular flexibility index (Phi) is 6.01. The minimum absolute atomic E-state index is 0.240. The summed E-state index contributed by atoms with van der Waals surface area (Å²) in [7, 11) is 0. The quantitative estimate of drug-likeness (QED) is 0.718. The molecule has 0 aliphatic rings. The summed E-state index contributed by atoms with van der Waals surface area (Å²) in [5.41, 5.74) is 1.96. The molecule has 3 nitrogen and oxygen atoms in total. The molecule has 0 bridgehead atoms. The third kappa shape index (κ3) is 4.75. The lowest BCUT2D eigenvalue weighted by atomic mass is 10.1. The Morgan fingerprint density at radius 2 is 2.00 bits per heavy atom. The molecule has 2 N–H and O–H groups in total. The van der Waals surface area contributed by atoms with Crippen LogP contribution < -0.4 is 4.74 Å². The highest BCUT2D eigenvalue weighted by Crippen LogP contribution is 2.26. The first-order chi connectivity index (χ1) is 8.15. The zero-order valence-corrected chi connectivity index (χ0v) is 10.6. The molecule has 0 radical (unpaired) electrons. The molecule has 1 rings (SSSR count). The van der Waals surface area contributed by atoms with Crippen LogP contribution in [0.5, 0.6) is 5.75 Å². The highest BCUT2D eigenvalue weighted by molar-refractivity contribution is 5.38. The van der Waals surface area contributed by atoms with Gasteiger partial charge in [-0.15, -0.1) is 0 Å². The standard InChI is InChI=1S/C14H22O3/c1-11-6-7-14(13(10-11)12(2)16)17-9-5-3-4-8-15/h6-7,10,12,15-16H,3-5,8-9H2,1-2H3. The van der Waals surface area contributed by atoms with Gasteiger partial charge in [0.2, 0.25) is 0 Å². The number of aliphatic hydroxyl groups excluding tert-OH is 2. The Balaban J connectivity index is 2.52. The second-order valence-corrected chi connectivity index (χ2v) is 4.35. The van der Waals surface area contributed by atoms with Gasteiger partial charge in [0.15, 0.2) is 0 Å². The van der Waals surface area contributed by atoms with Gasteiger partial charge in [-0.3, -0.25) is 0 Å². The third-order valence-corrected chi connectivity index (χ3v) is 2.68. The lowest BCUT2D eigenvalue weighted by Gasteiger charge is -2.14. The maximum Gasteiger partial charge on any atom is 0.125 e. The lowest BCUT2D eigenvalue weighted by Crippen LogP contribution is -2.03. The Hall–Kier alpha value is -1.06. The molecule has 0 heterocycles. The van der Waals surface area contributed by atoms with Crippen LogP contribution in [0, 0.1) is 6.92 Å². The van der Waals surface area contributed by atoms with Crippen molar-refractivity contribution in [2.75, 3.05) is 13.2 Å². The summed E-state index contributed by atoms with van der Waals surface area (Å²) in [5.74, 6) is 0.759. The van der Waals surface area contributed by atoms with Crippen LogP contribution in [0.4, 0.5) is 0 Å². The van der Waals surface area contributed by atoms with Gasteiger partial charge >= 0.3 is 0 Å². The zero-order valence-electron chi connectivity index (χ0n) is 10.6. The summed E-state index contributed by atoms with van der Waals surface area (Å²) in [5, 5.41) is 18.3. The van der Waals surface area contributed by atoms with Gasteiger partial charge in [0.25, 0.3) is 0 Å². The van der Waals surface area contributed by atoms with Gasteiger partial charge in [-0.25, -0.2) is 0 Å². The molecule has 0 saturated carbocycles. The largest absolute Gasteiger partial charge is 0.493 e. The average molecular weight is 238 g/mol. The fourth-order valence-electron chi connectivity index (χ4n) is 1.70. The SMILES string of the molecule is Cc1ccc(OCCCCCO)c(C(C)O)c1. The van der Waals surface area contributed by atoms with Gasteiger partial charge < -0.3 is 14.9 Å². The summed E-state index contributed by atoms with van der Waals surface area (Å²) in [4.78, 5) is 0. The van der Waals surface area contributed by atoms with Crippen molar-refractivity contribution in [1.29, 1.82) is 0 Å². The van der Waals surface area contributed by atoms with E-state index in [1.807, 2.05) is 25.1 Å². The Bertz CT molecular complexity index is 334. The minimum atomic E-state index is -0.512. The molecule has 0 fully saturated rings. The van der Waals surface area contributed by atoms with Gasteiger partial charge in [0.1, 0.15) is 5.75 Å². The first-order valence-electron chi connectivity index (χ1n) is 6.17. The monoisotopic (exact) mass is 238 g/mol. The van der Waals surface area contributed by atoms with Crippen LogP contribution in [-0.2, 0) is 0 Å². The lowest BCUT2D eigenvalue weighted by molar-refractivity contribution is 0.190. The van der Waals surface area contributed by atoms with Crippen molar-refractivity contribution in [3.63, 3.8) is 0 Å². The van der Waals surface area contributed by atoms with Crippen LogP contribution in [0.15, 0.2) is 18.2 Å². The molecular weight excluding hydrogens is 216 g/mol. The predicted molar refractivity (Wildman–Crippen MR) is 68.2 cm³/mol. The highest BCUT2D eigenvalue weighted by atomic mass is 16.5. The molecule has 3 heteroatoms. The van der Waals surface area contributed by atoms with E-state index in [1.54, 1.807) is 6.92 Å². The van der Waals surface area contributed by atoms with Gasteiger partial charge in [0.05, 0.1) is 12.7 Å². The summed E-state index contributed by atoms with van der Waals surface area (Å²) in [6.07, 6.45) is 2.20. The van der Waals surface area contributed by atoms with E-state index in [2.05, 4.69) is 0 Å². The van der Waals surface area contributed by atoms with Crippen molar-refractivity contribution in [3.05, 3.63) is 29.3 Å². The third-order valence-electron chi connectivity index (χ3n) is 2.68. The van der Waals surface area contributed by atoms with Crippen LogP contribution in [0.25, 0.3) is 0 Å². The maximum absolute atomic E-state index is 9.66. The molecule has 1 aromatic rings. The van der Waals surface area contributed by atoms with Crippen LogP contribution in [0.1, 0.15) is 43.4 Å². The molecule has 0 aliphatic heterocycles. The van der Waals surface area contributed by atoms with Crippen LogP contribution in [0.2, 0.25) is 0 Å². The summed E-state index contributed by atoms with van der Waals surface area (Å²) in [6, 6.07) is 5.84. The van der Waals surface area contributed by atoms with Crippen molar-refractivity contribution >= 4 is 0 Å². The van der Waals surface area contributed by atoms with Crippen molar-refractivity contribution < 1.29 is 14.9 Å². The number of ether oxygens (including phenoxy) is 1. The fraction of sp³-hybridized carbons (Fsp3) is 0.571. The minimum Gasteiger partial charge on any atom is -0.493 e. The molecule has 1 unspecified atom stereocenters. The fourth-order valence-corrected chi connectivity index (χ4v) is 1.70. The topological polar surface area (TPSA) is 49.7 Å². The number of aliphatic hydroxyl groups is 2. The number of unbranched alkanes of at least 4 members (excludes halogenated alkanes) is 2. The van der Waals surface area contributed by atoms with Crippen molar-refractivity contribution in [2.45, 2.75) is 39.2 Å². The molecule has 0 aliphatic carbocycles. The molecule has 0 amide bonds. The summed E-state index contributed by atoms with van der Waals surface area (Å²) >= 11 is 0. The van der Waals surface area contributed by atoms with Gasteiger partial charge in [-0.1, -0.05) is 11.6 Å². The Morgan fingerprint density at radius 3 is 2.65 bits per heavy atom. The predicted octanol–water partition coefficient (Wildman–Crippen LogP) is 2.59. The van der Waals surface area contributed by atoms with E-state index in [4.69, 9.17) is 9.84 Å². The van der Waals surface area contributed by atoms with Crippen molar-refractivity contribution in [2.24, 2.45) is 0 Å². The molecule has 0 saturated heterocycles. The van der Waals surface area contributed by atoms with Crippen LogP contribution in [0.3, 0.4) is 0 Å². The first kappa shape index (κ1) is 14.0. The van der Waals surface area contributed by atoms with Gasteiger partial charge in [-0.05, 0) is 45.2 Å². The number of hydrogen-bond acceptors (Lipinski definition) is 3. The first-order valence-corrected chi connectivity index (χ1v) is 6.17. The average Bonchev–Trinajstić information content (AvgIpc) is 2.30. The molecule has 0 spiro atoms. The Morgan fingerprint density at radius 1 is 1.24 bits per heavy atom. The number of rotatable bonds is 7. The number of aryl methyl sites for hydroxylation is 1. The highest BCUT2D eigenvalue weighted by Gasteiger charge is 2.09. The normalized spacial score (nSPS) is 12.5. The van der Waals surface area contributed by atoms with Crippen molar-refractivity contribution in [3.8, 4) is 5.75 Å². The van der Waals surface area contributed by atoms with E-state index in [0.717, 1.165) is 36.1 Å². The number of benzene rings is 1. The second kappa shape index (κ2) is 7.30. The second-order valence-electron chi connectivity index (χ2n) is 4.35. The van der Waals surface area contributed by atoms with E-state index in [0.29, 0.717) is 6.61 Å². The van der Waals surface area contributed by atoms with Gasteiger partial charge in [-0.2, -0.15) is 0 Å². The summed E-state index contributed by atoms with van der Waals surface area (Å²) < 4.78 is 5.66. The molecule has 1 atom stereocenters. The maximum atomic E-state index is 9.66. The molecule has 1 aromatic carbocycles.